The van der Waals surface area contributed by atoms with Crippen LogP contribution >= 0.6 is 0 Å². The van der Waals surface area contributed by atoms with Crippen LogP contribution in [0.25, 0.3) is 5.57 Å². The van der Waals surface area contributed by atoms with Gasteiger partial charge in [0.15, 0.2) is 17.2 Å². The molecular weight excluding hydrogens is 500 g/mol. The van der Waals surface area contributed by atoms with Crippen LogP contribution in [-0.4, -0.2) is 49.2 Å². The van der Waals surface area contributed by atoms with Crippen LogP contribution < -0.4 is 0 Å². The van der Waals surface area contributed by atoms with Crippen LogP contribution in [0.15, 0.2) is 40.9 Å². The second-order valence-corrected chi connectivity index (χ2v) is 12.2. The van der Waals surface area contributed by atoms with Gasteiger partial charge in [0, 0.05) is 28.7 Å². The number of carbonyl (C=O) groups excluding carboxylic acids is 4. The van der Waals surface area contributed by atoms with E-state index in [0.717, 1.165) is 12.5 Å². The van der Waals surface area contributed by atoms with Crippen molar-refractivity contribution in [3.8, 4) is 5.75 Å². The molecule has 0 aromatic heterocycles. The highest BCUT2D eigenvalue weighted by atomic mass is 16.3. The first kappa shape index (κ1) is 28.5. The molecule has 0 saturated heterocycles. The highest BCUT2D eigenvalue weighted by Gasteiger charge is 2.71. The van der Waals surface area contributed by atoms with Gasteiger partial charge in [-0.1, -0.05) is 39.8 Å². The summed E-state index contributed by atoms with van der Waals surface area (Å²) in [6.45, 7) is 11.3. The number of carbonyl (C=O) groups is 4. The Hall–Kier alpha value is -3.52. The number of phenolic OH excluding ortho intramolecular Hbond substituents is 1. The lowest BCUT2D eigenvalue weighted by molar-refractivity contribution is -0.171. The third kappa shape index (κ3) is 3.75. The summed E-state index contributed by atoms with van der Waals surface area (Å²) < 4.78 is 0. The summed E-state index contributed by atoms with van der Waals surface area (Å²) in [6, 6.07) is 3.05. The molecule has 1 aromatic carbocycles. The van der Waals surface area contributed by atoms with Gasteiger partial charge in [-0.15, -0.1) is 0 Å². The molecule has 8 nitrogen and oxygen atoms in total. The Balaban J connectivity index is 2.04. The molecule has 0 heterocycles. The summed E-state index contributed by atoms with van der Waals surface area (Å²) in [4.78, 5) is 51.8. The molecule has 1 aromatic rings. The molecule has 4 atom stereocenters. The summed E-state index contributed by atoms with van der Waals surface area (Å²) in [5.74, 6) is -5.43. The van der Waals surface area contributed by atoms with E-state index in [2.05, 4.69) is 0 Å². The molecule has 4 N–H and O–H groups in total. The molecule has 8 heteroatoms. The molecule has 0 saturated carbocycles. The minimum absolute atomic E-state index is 0.0240. The number of aliphatic hydroxyl groups is 3. The first-order chi connectivity index (χ1) is 17.9. The van der Waals surface area contributed by atoms with Crippen molar-refractivity contribution in [1.29, 1.82) is 0 Å². The predicted molar refractivity (Wildman–Crippen MR) is 144 cm³/mol. The first-order valence-corrected chi connectivity index (χ1v) is 13.2. The molecule has 3 aliphatic carbocycles. The highest BCUT2D eigenvalue weighted by Crippen LogP contribution is 2.65. The second-order valence-electron chi connectivity index (χ2n) is 12.2. The number of phenols is 1. The molecule has 0 amide bonds. The van der Waals surface area contributed by atoms with Gasteiger partial charge in [-0.2, -0.15) is 0 Å². The lowest BCUT2D eigenvalue weighted by Gasteiger charge is -2.59. The quantitative estimate of drug-likeness (QED) is 0.395. The second kappa shape index (κ2) is 9.01. The van der Waals surface area contributed by atoms with Crippen molar-refractivity contribution in [1.82, 2.24) is 0 Å². The van der Waals surface area contributed by atoms with E-state index in [4.69, 9.17) is 0 Å². The van der Waals surface area contributed by atoms with Gasteiger partial charge in [-0.3, -0.25) is 19.2 Å². The fourth-order valence-electron chi connectivity index (χ4n) is 7.51. The number of benzene rings is 1. The van der Waals surface area contributed by atoms with Crippen molar-refractivity contribution in [2.24, 2.45) is 22.7 Å². The number of ketones is 4. The van der Waals surface area contributed by atoms with Gasteiger partial charge in [0.05, 0.1) is 5.56 Å². The van der Waals surface area contributed by atoms with Gasteiger partial charge in [-0.25, -0.2) is 0 Å². The number of hydrogen-bond donors (Lipinski definition) is 4. The van der Waals surface area contributed by atoms with Gasteiger partial charge in [0.2, 0.25) is 5.78 Å². The van der Waals surface area contributed by atoms with E-state index in [9.17, 15) is 39.6 Å². The van der Waals surface area contributed by atoms with Crippen molar-refractivity contribution in [2.45, 2.75) is 73.3 Å². The maximum Gasteiger partial charge on any atom is 0.209 e. The summed E-state index contributed by atoms with van der Waals surface area (Å²) in [5.41, 5.74) is -4.06. The highest BCUT2D eigenvalue weighted by molar-refractivity contribution is 6.25. The van der Waals surface area contributed by atoms with Crippen molar-refractivity contribution in [2.75, 3.05) is 0 Å². The van der Waals surface area contributed by atoms with Gasteiger partial charge >= 0.3 is 0 Å². The number of allylic oxidation sites excluding steroid dienone is 4. The standard InChI is InChI=1S/C31H36O8/c1-14(2)23-25(35)21(17(5)33)27(37)31(39)28(38)24-26(36)22-19(12-29(24,6)13-30(23,31)7)18(10-11-20(22)34)15(3)8-9-16(4)32/h8,10-11,14,23,34-35,38-39H,9,12-13H2,1-7H3/b15-8-/t23?,29-,30-,31+/m1/s1. The Morgan fingerprint density at radius 3 is 2.23 bits per heavy atom. The molecule has 0 radical (unpaired) electrons. The molecule has 4 rings (SSSR count). The van der Waals surface area contributed by atoms with Crippen molar-refractivity contribution in [3.05, 3.63) is 57.6 Å². The van der Waals surface area contributed by atoms with E-state index in [1.54, 1.807) is 39.8 Å². The Morgan fingerprint density at radius 2 is 1.69 bits per heavy atom. The Labute approximate surface area is 227 Å². The van der Waals surface area contributed by atoms with Crippen LogP contribution in [0, 0.1) is 22.7 Å². The SMILES string of the molecule is CC(=O)C/C=C(/C)c1ccc(O)c2c1C[C@]1(C)C[C@]3(C)C(C(C)C)C(O)=C(C(C)=O)C(=O)[C@]3(O)C(O)=C1C2=O. The monoisotopic (exact) mass is 536 g/mol. The van der Waals surface area contributed by atoms with Gasteiger partial charge in [0.1, 0.15) is 28.6 Å². The summed E-state index contributed by atoms with van der Waals surface area (Å²) in [6.07, 6.45) is 2.16. The molecule has 0 fully saturated rings. The van der Waals surface area contributed by atoms with E-state index >= 15 is 0 Å². The maximum absolute atomic E-state index is 14.0. The average Bonchev–Trinajstić information content (AvgIpc) is 2.79. The molecule has 3 aliphatic rings. The Kier molecular flexibility index (Phi) is 6.58. The first-order valence-electron chi connectivity index (χ1n) is 13.2. The summed E-state index contributed by atoms with van der Waals surface area (Å²) >= 11 is 0. The fourth-order valence-corrected chi connectivity index (χ4v) is 7.51. The van der Waals surface area contributed by atoms with Gasteiger partial charge < -0.3 is 20.4 Å². The van der Waals surface area contributed by atoms with Crippen molar-refractivity contribution in [3.63, 3.8) is 0 Å². The number of hydrogen-bond acceptors (Lipinski definition) is 8. The number of Topliss-reactive ketones (excluding diaryl/α,β-unsaturated/α-hetero) is 4. The largest absolute Gasteiger partial charge is 0.511 e. The minimum atomic E-state index is -2.64. The topological polar surface area (TPSA) is 149 Å². The number of rotatable bonds is 5. The fraction of sp³-hybridized carbons (Fsp3) is 0.484. The lowest BCUT2D eigenvalue weighted by Crippen LogP contribution is -2.67. The zero-order valence-corrected chi connectivity index (χ0v) is 23.4. The van der Waals surface area contributed by atoms with E-state index in [0.29, 0.717) is 11.1 Å². The zero-order valence-electron chi connectivity index (χ0n) is 23.4. The van der Waals surface area contributed by atoms with Gasteiger partial charge in [0.25, 0.3) is 0 Å². The zero-order chi connectivity index (χ0) is 29.4. The van der Waals surface area contributed by atoms with E-state index < -0.39 is 56.8 Å². The lowest BCUT2D eigenvalue weighted by atomic mass is 9.44. The number of aliphatic hydroxyl groups excluding tert-OH is 2. The molecule has 1 unspecified atom stereocenters. The molecule has 208 valence electrons. The van der Waals surface area contributed by atoms with Crippen LogP contribution in [0.3, 0.4) is 0 Å². The molecule has 39 heavy (non-hydrogen) atoms. The van der Waals surface area contributed by atoms with Crippen LogP contribution in [0.2, 0.25) is 0 Å². The third-order valence-electron chi connectivity index (χ3n) is 9.01. The van der Waals surface area contributed by atoms with E-state index in [1.165, 1.54) is 13.0 Å². The Bertz CT molecular complexity index is 1440. The predicted octanol–water partition coefficient (Wildman–Crippen LogP) is 4.73. The third-order valence-corrected chi connectivity index (χ3v) is 9.01. The van der Waals surface area contributed by atoms with Crippen molar-refractivity contribution < 1.29 is 39.6 Å². The average molecular weight is 537 g/mol. The molecular formula is C31H36O8. The molecule has 0 aliphatic heterocycles. The van der Waals surface area contributed by atoms with Crippen LogP contribution in [-0.2, 0) is 20.8 Å². The number of fused-ring (bicyclic) bond motifs is 3. The molecule has 0 spiro atoms. The van der Waals surface area contributed by atoms with Crippen molar-refractivity contribution >= 4 is 28.7 Å². The Morgan fingerprint density at radius 1 is 1.08 bits per heavy atom. The maximum atomic E-state index is 14.0. The van der Waals surface area contributed by atoms with Crippen LogP contribution in [0.1, 0.15) is 82.8 Å². The van der Waals surface area contributed by atoms with Gasteiger partial charge in [-0.05, 0) is 62.3 Å². The summed E-state index contributed by atoms with van der Waals surface area (Å²) in [5, 5.41) is 45.7. The summed E-state index contributed by atoms with van der Waals surface area (Å²) in [7, 11) is 0. The minimum Gasteiger partial charge on any atom is -0.511 e. The smallest absolute Gasteiger partial charge is 0.209 e. The van der Waals surface area contributed by atoms with Crippen LogP contribution in [0.5, 0.6) is 5.75 Å². The molecule has 0 bridgehead atoms. The van der Waals surface area contributed by atoms with E-state index in [1.807, 2.05) is 6.92 Å². The number of aromatic hydroxyl groups is 1. The normalized spacial score (nSPS) is 30.8. The van der Waals surface area contributed by atoms with E-state index in [-0.39, 0.29) is 47.8 Å². The van der Waals surface area contributed by atoms with Crippen LogP contribution in [0.4, 0.5) is 0 Å².